The van der Waals surface area contributed by atoms with Crippen LogP contribution in [0.4, 0.5) is 0 Å². The molecule has 4 rings (SSSR count). The second-order valence-corrected chi connectivity index (χ2v) is 5.93. The minimum absolute atomic E-state index is 0.350. The van der Waals surface area contributed by atoms with Crippen molar-refractivity contribution < 1.29 is 9.05 Å². The molecule has 7 heteroatoms. The first kappa shape index (κ1) is 11.8. The van der Waals surface area contributed by atoms with Crippen molar-refractivity contribution in [3.05, 3.63) is 29.4 Å². The monoisotopic (exact) mass is 288 g/mol. The van der Waals surface area contributed by atoms with Crippen LogP contribution in [0.2, 0.25) is 0 Å². The molecule has 0 amide bonds. The van der Waals surface area contributed by atoms with Crippen molar-refractivity contribution in [1.29, 1.82) is 0 Å². The van der Waals surface area contributed by atoms with E-state index < -0.39 is 5.54 Å². The summed E-state index contributed by atoms with van der Waals surface area (Å²) in [6.45, 7) is 0. The SMILES string of the molecule is NC1(c2noc(-c3cc(-c4cccs4)on3)n2)CCC1. The van der Waals surface area contributed by atoms with E-state index in [0.717, 1.165) is 24.1 Å². The van der Waals surface area contributed by atoms with Gasteiger partial charge in [-0.3, -0.25) is 0 Å². The zero-order valence-corrected chi connectivity index (χ0v) is 11.4. The summed E-state index contributed by atoms with van der Waals surface area (Å²) in [6.07, 6.45) is 2.89. The summed E-state index contributed by atoms with van der Waals surface area (Å²) in [4.78, 5) is 5.36. The Bertz CT molecular complexity index is 727. The second-order valence-electron chi connectivity index (χ2n) is 4.99. The van der Waals surface area contributed by atoms with Gasteiger partial charge in [-0.15, -0.1) is 11.3 Å². The van der Waals surface area contributed by atoms with Crippen LogP contribution in [-0.4, -0.2) is 15.3 Å². The minimum Gasteiger partial charge on any atom is -0.355 e. The van der Waals surface area contributed by atoms with E-state index in [1.54, 1.807) is 17.4 Å². The van der Waals surface area contributed by atoms with Crippen LogP contribution in [-0.2, 0) is 5.54 Å². The summed E-state index contributed by atoms with van der Waals surface area (Å²) in [6, 6.07) is 5.73. The molecule has 0 aliphatic heterocycles. The number of nitrogens with zero attached hydrogens (tertiary/aromatic N) is 3. The highest BCUT2D eigenvalue weighted by Crippen LogP contribution is 2.37. The lowest BCUT2D eigenvalue weighted by Gasteiger charge is -2.34. The van der Waals surface area contributed by atoms with E-state index in [0.29, 0.717) is 23.2 Å². The van der Waals surface area contributed by atoms with Crippen molar-refractivity contribution in [3.63, 3.8) is 0 Å². The molecule has 0 bridgehead atoms. The number of nitrogens with two attached hydrogens (primary N) is 1. The van der Waals surface area contributed by atoms with Crippen LogP contribution < -0.4 is 5.73 Å². The predicted molar refractivity (Wildman–Crippen MR) is 72.8 cm³/mol. The van der Waals surface area contributed by atoms with Gasteiger partial charge in [0.25, 0.3) is 5.89 Å². The van der Waals surface area contributed by atoms with Crippen LogP contribution >= 0.6 is 11.3 Å². The Morgan fingerprint density at radius 3 is 2.85 bits per heavy atom. The van der Waals surface area contributed by atoms with Crippen molar-refractivity contribution in [2.24, 2.45) is 5.73 Å². The maximum atomic E-state index is 6.17. The molecule has 0 radical (unpaired) electrons. The first-order valence-electron chi connectivity index (χ1n) is 6.39. The van der Waals surface area contributed by atoms with E-state index in [9.17, 15) is 0 Å². The number of rotatable bonds is 3. The zero-order chi connectivity index (χ0) is 13.6. The van der Waals surface area contributed by atoms with Crippen LogP contribution in [0.1, 0.15) is 25.1 Å². The molecule has 1 saturated carbocycles. The van der Waals surface area contributed by atoms with Gasteiger partial charge in [-0.05, 0) is 30.7 Å². The Balaban J connectivity index is 1.65. The topological polar surface area (TPSA) is 91.0 Å². The minimum atomic E-state index is -0.429. The first-order chi connectivity index (χ1) is 9.74. The Labute approximate surface area is 118 Å². The number of aromatic nitrogens is 3. The normalized spacial score (nSPS) is 17.1. The third kappa shape index (κ3) is 1.78. The van der Waals surface area contributed by atoms with E-state index in [4.69, 9.17) is 14.8 Å². The molecule has 0 saturated heterocycles. The average Bonchev–Trinajstić information content (AvgIpc) is 3.13. The molecule has 3 aromatic heterocycles. The fourth-order valence-electron chi connectivity index (χ4n) is 2.22. The van der Waals surface area contributed by atoms with Gasteiger partial charge >= 0.3 is 0 Å². The summed E-state index contributed by atoms with van der Waals surface area (Å²) in [5.41, 5.74) is 6.28. The Kier molecular flexibility index (Phi) is 2.51. The molecular formula is C13H12N4O2S. The third-order valence-corrected chi connectivity index (χ3v) is 4.49. The van der Waals surface area contributed by atoms with Crippen molar-refractivity contribution in [2.45, 2.75) is 24.8 Å². The smallest absolute Gasteiger partial charge is 0.280 e. The molecule has 2 N–H and O–H groups in total. The lowest BCUT2D eigenvalue weighted by atomic mass is 9.77. The van der Waals surface area contributed by atoms with Crippen LogP contribution in [0.25, 0.3) is 22.2 Å². The average molecular weight is 288 g/mol. The summed E-state index contributed by atoms with van der Waals surface area (Å²) >= 11 is 1.59. The quantitative estimate of drug-likeness (QED) is 0.796. The third-order valence-electron chi connectivity index (χ3n) is 3.61. The second kappa shape index (κ2) is 4.26. The highest BCUT2D eigenvalue weighted by molar-refractivity contribution is 7.13. The van der Waals surface area contributed by atoms with Crippen LogP contribution in [0, 0.1) is 0 Å². The summed E-state index contributed by atoms with van der Waals surface area (Å²) in [7, 11) is 0. The van der Waals surface area contributed by atoms with Gasteiger partial charge in [0.2, 0.25) is 0 Å². The Hall–Kier alpha value is -1.99. The van der Waals surface area contributed by atoms with Gasteiger partial charge in [0.1, 0.15) is 0 Å². The standard InChI is InChI=1S/C13H12N4O2S/c14-13(4-2-5-13)12-15-11(19-17-12)8-7-9(18-16-8)10-3-1-6-20-10/h1,3,6-7H,2,4-5,14H2. The molecule has 20 heavy (non-hydrogen) atoms. The van der Waals surface area contributed by atoms with Crippen molar-refractivity contribution >= 4 is 11.3 Å². The first-order valence-corrected chi connectivity index (χ1v) is 7.27. The number of hydrogen-bond acceptors (Lipinski definition) is 7. The van der Waals surface area contributed by atoms with E-state index in [-0.39, 0.29) is 0 Å². The Morgan fingerprint density at radius 1 is 1.25 bits per heavy atom. The highest BCUT2D eigenvalue weighted by Gasteiger charge is 2.39. The van der Waals surface area contributed by atoms with Gasteiger partial charge < -0.3 is 14.8 Å². The Morgan fingerprint density at radius 2 is 2.15 bits per heavy atom. The number of thiophene rings is 1. The van der Waals surface area contributed by atoms with Gasteiger partial charge in [0, 0.05) is 6.07 Å². The molecule has 0 spiro atoms. The molecule has 1 fully saturated rings. The summed E-state index contributed by atoms with van der Waals surface area (Å²) in [5, 5.41) is 9.93. The van der Waals surface area contributed by atoms with Crippen molar-refractivity contribution in [3.8, 4) is 22.2 Å². The van der Waals surface area contributed by atoms with E-state index >= 15 is 0 Å². The van der Waals surface area contributed by atoms with Gasteiger partial charge in [0.15, 0.2) is 17.3 Å². The van der Waals surface area contributed by atoms with Gasteiger partial charge in [-0.1, -0.05) is 16.4 Å². The molecular weight excluding hydrogens is 276 g/mol. The summed E-state index contributed by atoms with van der Waals surface area (Å²) in [5.74, 6) is 1.60. The molecule has 1 aliphatic rings. The number of hydrogen-bond donors (Lipinski definition) is 1. The molecule has 1 aliphatic carbocycles. The summed E-state index contributed by atoms with van der Waals surface area (Å²) < 4.78 is 10.5. The highest BCUT2D eigenvalue weighted by atomic mass is 32.1. The predicted octanol–water partition coefficient (Wildman–Crippen LogP) is 2.79. The molecule has 3 aromatic rings. The van der Waals surface area contributed by atoms with Crippen LogP contribution in [0.5, 0.6) is 0 Å². The maximum Gasteiger partial charge on any atom is 0.280 e. The van der Waals surface area contributed by atoms with Crippen molar-refractivity contribution in [1.82, 2.24) is 15.3 Å². The van der Waals surface area contributed by atoms with E-state index in [2.05, 4.69) is 15.3 Å². The maximum absolute atomic E-state index is 6.17. The molecule has 0 unspecified atom stereocenters. The fourth-order valence-corrected chi connectivity index (χ4v) is 2.90. The molecule has 6 nitrogen and oxygen atoms in total. The molecule has 3 heterocycles. The lowest BCUT2D eigenvalue weighted by Crippen LogP contribution is -2.44. The zero-order valence-electron chi connectivity index (χ0n) is 10.6. The van der Waals surface area contributed by atoms with Crippen molar-refractivity contribution in [2.75, 3.05) is 0 Å². The van der Waals surface area contributed by atoms with Crippen LogP contribution in [0.15, 0.2) is 32.6 Å². The fraction of sp³-hybridized carbons (Fsp3) is 0.308. The lowest BCUT2D eigenvalue weighted by molar-refractivity contribution is 0.229. The van der Waals surface area contributed by atoms with Gasteiger partial charge in [-0.25, -0.2) is 0 Å². The molecule has 0 atom stereocenters. The largest absolute Gasteiger partial charge is 0.355 e. The van der Waals surface area contributed by atoms with E-state index in [1.165, 1.54) is 0 Å². The molecule has 0 aromatic carbocycles. The molecule has 102 valence electrons. The van der Waals surface area contributed by atoms with E-state index in [1.807, 2.05) is 17.5 Å². The van der Waals surface area contributed by atoms with Gasteiger partial charge in [-0.2, -0.15) is 4.98 Å². The van der Waals surface area contributed by atoms with Crippen LogP contribution in [0.3, 0.4) is 0 Å². The van der Waals surface area contributed by atoms with Gasteiger partial charge in [0.05, 0.1) is 10.4 Å².